The molecule has 0 radical (unpaired) electrons. The summed E-state index contributed by atoms with van der Waals surface area (Å²) in [7, 11) is 0. The topological polar surface area (TPSA) is 26.0 Å². The molecule has 0 aliphatic rings. The molecule has 0 saturated carbocycles. The van der Waals surface area contributed by atoms with E-state index in [0.29, 0.717) is 0 Å². The largest absolute Gasteiger partial charge is 0.327 e. The summed E-state index contributed by atoms with van der Waals surface area (Å²) in [5.41, 5.74) is 7.31. The Labute approximate surface area is 108 Å². The first-order chi connectivity index (χ1) is 7.58. The van der Waals surface area contributed by atoms with Crippen molar-refractivity contribution in [1.82, 2.24) is 0 Å². The lowest BCUT2D eigenvalue weighted by atomic mass is 10.1. The monoisotopic (exact) mass is 257 g/mol. The molecule has 0 aliphatic heterocycles. The number of halogens is 1. The van der Waals surface area contributed by atoms with E-state index in [-0.39, 0.29) is 6.04 Å². The second kappa shape index (κ2) is 7.21. The molecule has 1 rings (SSSR count). The predicted molar refractivity (Wildman–Crippen MR) is 75.3 cm³/mol. The fraction of sp³-hybridized carbons (Fsp3) is 0.538. The molecule has 0 heterocycles. The van der Waals surface area contributed by atoms with Crippen LogP contribution in [0.15, 0.2) is 24.3 Å². The third-order valence-electron chi connectivity index (χ3n) is 2.17. The molecule has 2 N–H and O–H groups in total. The lowest BCUT2D eigenvalue weighted by Crippen LogP contribution is -2.26. The van der Waals surface area contributed by atoms with E-state index in [2.05, 4.69) is 19.9 Å². The van der Waals surface area contributed by atoms with Gasteiger partial charge in [0.1, 0.15) is 0 Å². The van der Waals surface area contributed by atoms with Crippen LogP contribution in [0, 0.1) is 5.92 Å². The van der Waals surface area contributed by atoms with Crippen LogP contribution in [0.3, 0.4) is 0 Å². The Balaban J connectivity index is 2.31. The van der Waals surface area contributed by atoms with E-state index in [1.54, 1.807) is 0 Å². The average molecular weight is 258 g/mol. The lowest BCUT2D eigenvalue weighted by molar-refractivity contribution is 0.731. The molecule has 90 valence electrons. The summed E-state index contributed by atoms with van der Waals surface area (Å²) >= 11 is 7.86. The SMILES string of the molecule is CC(C)CSCC(N)Cc1cccc(Cl)c1. The van der Waals surface area contributed by atoms with Gasteiger partial charge in [0.2, 0.25) is 0 Å². The van der Waals surface area contributed by atoms with Crippen molar-refractivity contribution in [2.75, 3.05) is 11.5 Å². The molecule has 1 unspecified atom stereocenters. The Hall–Kier alpha value is -0.180. The van der Waals surface area contributed by atoms with Crippen molar-refractivity contribution in [2.45, 2.75) is 26.3 Å². The van der Waals surface area contributed by atoms with Gasteiger partial charge in [0.15, 0.2) is 0 Å². The van der Waals surface area contributed by atoms with E-state index < -0.39 is 0 Å². The summed E-state index contributed by atoms with van der Waals surface area (Å²) in [6.45, 7) is 4.46. The van der Waals surface area contributed by atoms with Crippen LogP contribution >= 0.6 is 23.4 Å². The normalized spacial score (nSPS) is 13.1. The third-order valence-corrected chi connectivity index (χ3v) is 3.97. The standard InChI is InChI=1S/C13H20ClNS/c1-10(2)8-16-9-13(15)7-11-4-3-5-12(14)6-11/h3-6,10,13H,7-9,15H2,1-2H3. The fourth-order valence-corrected chi connectivity index (χ4v) is 2.72. The molecular weight excluding hydrogens is 238 g/mol. The van der Waals surface area contributed by atoms with Crippen LogP contribution in [0.5, 0.6) is 0 Å². The molecule has 1 atom stereocenters. The van der Waals surface area contributed by atoms with Crippen molar-refractivity contribution in [3.63, 3.8) is 0 Å². The van der Waals surface area contributed by atoms with Gasteiger partial charge in [0.25, 0.3) is 0 Å². The molecule has 0 bridgehead atoms. The Morgan fingerprint density at radius 2 is 2.06 bits per heavy atom. The minimum atomic E-state index is 0.224. The number of hydrogen-bond donors (Lipinski definition) is 1. The maximum Gasteiger partial charge on any atom is 0.0408 e. The van der Waals surface area contributed by atoms with E-state index in [9.17, 15) is 0 Å². The number of hydrogen-bond acceptors (Lipinski definition) is 2. The molecule has 0 aliphatic carbocycles. The van der Waals surface area contributed by atoms with E-state index in [1.807, 2.05) is 30.0 Å². The van der Waals surface area contributed by atoms with Crippen LogP contribution in [-0.2, 0) is 6.42 Å². The van der Waals surface area contributed by atoms with Crippen LogP contribution < -0.4 is 5.73 Å². The van der Waals surface area contributed by atoms with Gasteiger partial charge in [-0.1, -0.05) is 37.6 Å². The summed E-state index contributed by atoms with van der Waals surface area (Å²) in [4.78, 5) is 0. The summed E-state index contributed by atoms with van der Waals surface area (Å²) in [6, 6.07) is 8.17. The molecule has 16 heavy (non-hydrogen) atoms. The Bertz CT molecular complexity index is 315. The molecule has 1 nitrogen and oxygen atoms in total. The van der Waals surface area contributed by atoms with Crippen LogP contribution in [0.1, 0.15) is 19.4 Å². The summed E-state index contributed by atoms with van der Waals surface area (Å²) in [5, 5.41) is 0.791. The quantitative estimate of drug-likeness (QED) is 0.843. The second-order valence-corrected chi connectivity index (χ2v) is 6.04. The maximum atomic E-state index is 6.08. The van der Waals surface area contributed by atoms with Crippen LogP contribution in [0.25, 0.3) is 0 Å². The molecule has 0 fully saturated rings. The van der Waals surface area contributed by atoms with Crippen molar-refractivity contribution < 1.29 is 0 Å². The highest BCUT2D eigenvalue weighted by atomic mass is 35.5. The Kier molecular flexibility index (Phi) is 6.25. The van der Waals surface area contributed by atoms with Crippen molar-refractivity contribution in [2.24, 2.45) is 11.7 Å². The van der Waals surface area contributed by atoms with Gasteiger partial charge < -0.3 is 5.73 Å². The lowest BCUT2D eigenvalue weighted by Gasteiger charge is -2.12. The zero-order valence-electron chi connectivity index (χ0n) is 9.95. The minimum Gasteiger partial charge on any atom is -0.327 e. The molecule has 0 saturated heterocycles. The highest BCUT2D eigenvalue weighted by Gasteiger charge is 2.05. The number of rotatable bonds is 6. The van der Waals surface area contributed by atoms with Crippen molar-refractivity contribution in [1.29, 1.82) is 0 Å². The van der Waals surface area contributed by atoms with E-state index in [1.165, 1.54) is 11.3 Å². The van der Waals surface area contributed by atoms with Gasteiger partial charge in [-0.3, -0.25) is 0 Å². The molecule has 1 aromatic carbocycles. The highest BCUT2D eigenvalue weighted by Crippen LogP contribution is 2.14. The van der Waals surface area contributed by atoms with Crippen LogP contribution in [0.4, 0.5) is 0 Å². The molecule has 0 amide bonds. The maximum absolute atomic E-state index is 6.08. The highest BCUT2D eigenvalue weighted by molar-refractivity contribution is 7.99. The average Bonchev–Trinajstić information content (AvgIpc) is 2.16. The third kappa shape index (κ3) is 5.78. The van der Waals surface area contributed by atoms with Crippen LogP contribution in [0.2, 0.25) is 5.02 Å². The van der Waals surface area contributed by atoms with Crippen molar-refractivity contribution in [3.05, 3.63) is 34.9 Å². The van der Waals surface area contributed by atoms with Gasteiger partial charge in [0, 0.05) is 16.8 Å². The van der Waals surface area contributed by atoms with Gasteiger partial charge in [-0.05, 0) is 35.8 Å². The summed E-state index contributed by atoms with van der Waals surface area (Å²) in [6.07, 6.45) is 0.908. The zero-order chi connectivity index (χ0) is 12.0. The first-order valence-corrected chi connectivity index (χ1v) is 7.19. The molecular formula is C13H20ClNS. The van der Waals surface area contributed by atoms with Gasteiger partial charge in [-0.15, -0.1) is 0 Å². The van der Waals surface area contributed by atoms with Gasteiger partial charge in [-0.25, -0.2) is 0 Å². The first kappa shape index (κ1) is 13.9. The second-order valence-electron chi connectivity index (χ2n) is 4.53. The number of nitrogens with two attached hydrogens (primary N) is 1. The van der Waals surface area contributed by atoms with Crippen molar-refractivity contribution in [3.8, 4) is 0 Å². The number of benzene rings is 1. The molecule has 0 aromatic heterocycles. The number of thioether (sulfide) groups is 1. The van der Waals surface area contributed by atoms with Gasteiger partial charge in [0.05, 0.1) is 0 Å². The Morgan fingerprint density at radius 1 is 1.31 bits per heavy atom. The van der Waals surface area contributed by atoms with Gasteiger partial charge in [-0.2, -0.15) is 11.8 Å². The molecule has 1 aromatic rings. The molecule has 0 spiro atoms. The predicted octanol–water partition coefficient (Wildman–Crippen LogP) is 3.60. The molecule has 3 heteroatoms. The zero-order valence-corrected chi connectivity index (χ0v) is 11.5. The van der Waals surface area contributed by atoms with Crippen LogP contribution in [-0.4, -0.2) is 17.5 Å². The van der Waals surface area contributed by atoms with Crippen molar-refractivity contribution >= 4 is 23.4 Å². The minimum absolute atomic E-state index is 0.224. The van der Waals surface area contributed by atoms with Gasteiger partial charge >= 0.3 is 0 Å². The van der Waals surface area contributed by atoms with E-state index in [0.717, 1.165) is 23.1 Å². The smallest absolute Gasteiger partial charge is 0.0408 e. The van der Waals surface area contributed by atoms with E-state index >= 15 is 0 Å². The van der Waals surface area contributed by atoms with E-state index in [4.69, 9.17) is 17.3 Å². The summed E-state index contributed by atoms with van der Waals surface area (Å²) in [5.74, 6) is 2.94. The first-order valence-electron chi connectivity index (χ1n) is 5.65. The Morgan fingerprint density at radius 3 is 2.69 bits per heavy atom. The fourth-order valence-electron chi connectivity index (χ4n) is 1.48. The summed E-state index contributed by atoms with van der Waals surface area (Å²) < 4.78 is 0.